The minimum Gasteiger partial charge on any atom is -0.491 e. The van der Waals surface area contributed by atoms with Gasteiger partial charge in [-0.05, 0) is 57.2 Å². The monoisotopic (exact) mass is 329 g/mol. The number of nitrogens with one attached hydrogen (secondary N) is 1. The van der Waals surface area contributed by atoms with E-state index >= 15 is 0 Å². The van der Waals surface area contributed by atoms with Crippen LogP contribution in [0.2, 0.25) is 0 Å². The van der Waals surface area contributed by atoms with Gasteiger partial charge < -0.3 is 10.1 Å². The Morgan fingerprint density at radius 2 is 1.74 bits per heavy atom. The number of amides is 1. The number of carbonyl (C=O) groups excluding carboxylic acids is 1. The van der Waals surface area contributed by atoms with Crippen LogP contribution >= 0.6 is 11.8 Å². The SMILES string of the molecule is Cc1ccc(SCCNC(=O)c2ccc(OC(C)C)cc2)cc1. The number of carbonyl (C=O) groups is 1. The summed E-state index contributed by atoms with van der Waals surface area (Å²) in [6, 6.07) is 15.7. The van der Waals surface area contributed by atoms with E-state index in [9.17, 15) is 4.79 Å². The van der Waals surface area contributed by atoms with Gasteiger partial charge in [0.15, 0.2) is 0 Å². The van der Waals surface area contributed by atoms with Crippen LogP contribution in [0.25, 0.3) is 0 Å². The van der Waals surface area contributed by atoms with Crippen LogP contribution in [0.3, 0.4) is 0 Å². The number of thioether (sulfide) groups is 1. The number of rotatable bonds is 7. The Kier molecular flexibility index (Phi) is 6.53. The zero-order chi connectivity index (χ0) is 16.7. The second-order valence-electron chi connectivity index (χ2n) is 5.61. The Morgan fingerprint density at radius 1 is 1.09 bits per heavy atom. The highest BCUT2D eigenvalue weighted by Gasteiger charge is 2.05. The van der Waals surface area contributed by atoms with E-state index in [1.54, 1.807) is 23.9 Å². The number of hydrogen-bond acceptors (Lipinski definition) is 3. The van der Waals surface area contributed by atoms with Gasteiger partial charge in [0, 0.05) is 22.8 Å². The Morgan fingerprint density at radius 3 is 2.35 bits per heavy atom. The fourth-order valence-corrected chi connectivity index (χ4v) is 2.80. The topological polar surface area (TPSA) is 38.3 Å². The van der Waals surface area contributed by atoms with Crippen molar-refractivity contribution < 1.29 is 9.53 Å². The number of ether oxygens (including phenoxy) is 1. The first-order valence-electron chi connectivity index (χ1n) is 7.79. The van der Waals surface area contributed by atoms with Gasteiger partial charge in [0.1, 0.15) is 5.75 Å². The van der Waals surface area contributed by atoms with E-state index < -0.39 is 0 Å². The fraction of sp³-hybridized carbons (Fsp3) is 0.316. The first-order valence-corrected chi connectivity index (χ1v) is 8.77. The fourth-order valence-electron chi connectivity index (χ4n) is 2.03. The molecule has 0 atom stereocenters. The average molecular weight is 329 g/mol. The van der Waals surface area contributed by atoms with Crippen molar-refractivity contribution in [3.8, 4) is 5.75 Å². The third-order valence-corrected chi connectivity index (χ3v) is 4.18. The summed E-state index contributed by atoms with van der Waals surface area (Å²) in [7, 11) is 0. The zero-order valence-electron chi connectivity index (χ0n) is 13.8. The van der Waals surface area contributed by atoms with Crippen molar-refractivity contribution in [2.45, 2.75) is 31.8 Å². The molecule has 3 nitrogen and oxygen atoms in total. The standard InChI is InChI=1S/C19H23NO2S/c1-14(2)22-17-8-6-16(7-9-17)19(21)20-12-13-23-18-10-4-15(3)5-11-18/h4-11,14H,12-13H2,1-3H3,(H,20,21). The van der Waals surface area contributed by atoms with Crippen molar-refractivity contribution in [1.82, 2.24) is 5.32 Å². The highest BCUT2D eigenvalue weighted by molar-refractivity contribution is 7.99. The van der Waals surface area contributed by atoms with Crippen molar-refractivity contribution in [2.24, 2.45) is 0 Å². The molecular weight excluding hydrogens is 306 g/mol. The molecule has 0 bridgehead atoms. The molecule has 23 heavy (non-hydrogen) atoms. The summed E-state index contributed by atoms with van der Waals surface area (Å²) in [6.07, 6.45) is 0.133. The first-order chi connectivity index (χ1) is 11.0. The molecule has 0 aliphatic carbocycles. The van der Waals surface area contributed by atoms with Gasteiger partial charge in [-0.25, -0.2) is 0 Å². The van der Waals surface area contributed by atoms with Crippen LogP contribution in [0, 0.1) is 6.92 Å². The van der Waals surface area contributed by atoms with E-state index in [4.69, 9.17) is 4.74 Å². The average Bonchev–Trinajstić information content (AvgIpc) is 2.53. The summed E-state index contributed by atoms with van der Waals surface area (Å²) in [4.78, 5) is 13.3. The maximum absolute atomic E-state index is 12.1. The highest BCUT2D eigenvalue weighted by atomic mass is 32.2. The predicted octanol–water partition coefficient (Wildman–Crippen LogP) is 4.30. The smallest absolute Gasteiger partial charge is 0.251 e. The number of benzene rings is 2. The second kappa shape index (κ2) is 8.63. The second-order valence-corrected chi connectivity index (χ2v) is 6.78. The molecule has 0 saturated heterocycles. The van der Waals surface area contributed by atoms with Crippen molar-refractivity contribution in [1.29, 1.82) is 0 Å². The van der Waals surface area contributed by atoms with Crippen LogP contribution in [0.4, 0.5) is 0 Å². The summed E-state index contributed by atoms with van der Waals surface area (Å²) in [6.45, 7) is 6.67. The highest BCUT2D eigenvalue weighted by Crippen LogP contribution is 2.17. The lowest BCUT2D eigenvalue weighted by Crippen LogP contribution is -2.25. The van der Waals surface area contributed by atoms with Gasteiger partial charge in [-0.2, -0.15) is 0 Å². The summed E-state index contributed by atoms with van der Waals surface area (Å²) in [5, 5.41) is 2.94. The molecular formula is C19H23NO2S. The quantitative estimate of drug-likeness (QED) is 0.608. The number of aryl methyl sites for hydroxylation is 1. The third-order valence-electron chi connectivity index (χ3n) is 3.17. The minimum atomic E-state index is -0.0504. The van der Waals surface area contributed by atoms with Crippen LogP contribution < -0.4 is 10.1 Å². The van der Waals surface area contributed by atoms with Crippen LogP contribution in [-0.4, -0.2) is 24.3 Å². The Bertz CT molecular complexity index is 621. The van der Waals surface area contributed by atoms with Gasteiger partial charge in [0.2, 0.25) is 0 Å². The van der Waals surface area contributed by atoms with Crippen molar-refractivity contribution in [2.75, 3.05) is 12.3 Å². The Labute approximate surface area is 142 Å². The van der Waals surface area contributed by atoms with Gasteiger partial charge in [-0.3, -0.25) is 4.79 Å². The predicted molar refractivity (Wildman–Crippen MR) is 96.4 cm³/mol. The van der Waals surface area contributed by atoms with Gasteiger partial charge in [-0.15, -0.1) is 11.8 Å². The summed E-state index contributed by atoms with van der Waals surface area (Å²) in [5.74, 6) is 1.58. The van der Waals surface area contributed by atoms with E-state index in [1.807, 2.05) is 26.0 Å². The van der Waals surface area contributed by atoms with Crippen molar-refractivity contribution in [3.05, 3.63) is 59.7 Å². The van der Waals surface area contributed by atoms with Gasteiger partial charge in [0.25, 0.3) is 5.91 Å². The third kappa shape index (κ3) is 5.99. The summed E-state index contributed by atoms with van der Waals surface area (Å²) in [5.41, 5.74) is 1.91. The molecule has 4 heteroatoms. The molecule has 122 valence electrons. The molecule has 2 aromatic carbocycles. The summed E-state index contributed by atoms with van der Waals surface area (Å²) < 4.78 is 5.57. The molecule has 2 aromatic rings. The van der Waals surface area contributed by atoms with Crippen LogP contribution in [-0.2, 0) is 0 Å². The molecule has 0 aromatic heterocycles. The minimum absolute atomic E-state index is 0.0504. The molecule has 0 radical (unpaired) electrons. The van der Waals surface area contributed by atoms with E-state index in [0.717, 1.165) is 11.5 Å². The molecule has 0 heterocycles. The van der Waals surface area contributed by atoms with Crippen LogP contribution in [0.15, 0.2) is 53.4 Å². The van der Waals surface area contributed by atoms with Gasteiger partial charge in [0.05, 0.1) is 6.10 Å². The molecule has 0 unspecified atom stereocenters. The molecule has 1 N–H and O–H groups in total. The van der Waals surface area contributed by atoms with Crippen LogP contribution in [0.1, 0.15) is 29.8 Å². The Hall–Kier alpha value is -1.94. The maximum atomic E-state index is 12.1. The van der Waals surface area contributed by atoms with E-state index in [1.165, 1.54) is 10.5 Å². The first kappa shape index (κ1) is 17.4. The van der Waals surface area contributed by atoms with E-state index in [2.05, 4.69) is 36.5 Å². The Balaban J connectivity index is 1.75. The largest absolute Gasteiger partial charge is 0.491 e. The molecule has 0 spiro atoms. The molecule has 1 amide bonds. The molecule has 0 aliphatic heterocycles. The van der Waals surface area contributed by atoms with Crippen molar-refractivity contribution in [3.63, 3.8) is 0 Å². The zero-order valence-corrected chi connectivity index (χ0v) is 14.7. The van der Waals surface area contributed by atoms with E-state index in [0.29, 0.717) is 12.1 Å². The van der Waals surface area contributed by atoms with Crippen molar-refractivity contribution >= 4 is 17.7 Å². The summed E-state index contributed by atoms with van der Waals surface area (Å²) >= 11 is 1.74. The molecule has 2 rings (SSSR count). The maximum Gasteiger partial charge on any atom is 0.251 e. The lowest BCUT2D eigenvalue weighted by Gasteiger charge is -2.10. The van der Waals surface area contributed by atoms with E-state index in [-0.39, 0.29) is 12.0 Å². The number of hydrogen-bond donors (Lipinski definition) is 1. The van der Waals surface area contributed by atoms with Crippen LogP contribution in [0.5, 0.6) is 5.75 Å². The lowest BCUT2D eigenvalue weighted by atomic mass is 10.2. The molecule has 0 aliphatic rings. The normalized spacial score (nSPS) is 10.6. The van der Waals surface area contributed by atoms with Gasteiger partial charge >= 0.3 is 0 Å². The lowest BCUT2D eigenvalue weighted by molar-refractivity contribution is 0.0956. The molecule has 0 fully saturated rings. The van der Waals surface area contributed by atoms with Gasteiger partial charge in [-0.1, -0.05) is 17.7 Å². The molecule has 0 saturated carbocycles.